The van der Waals surface area contributed by atoms with Crippen LogP contribution in [0, 0.1) is 0 Å². The number of hydrogen-bond acceptors (Lipinski definition) is 4. The van der Waals surface area contributed by atoms with E-state index in [1.54, 1.807) is 24.4 Å². The molecule has 1 amide bonds. The van der Waals surface area contributed by atoms with Crippen LogP contribution in [0.5, 0.6) is 5.75 Å². The molecule has 2 aromatic carbocycles. The van der Waals surface area contributed by atoms with Gasteiger partial charge in [-0.1, -0.05) is 29.8 Å². The fraction of sp³-hybridized carbons (Fsp3) is 0.200. The van der Waals surface area contributed by atoms with Gasteiger partial charge in [-0.25, -0.2) is 4.79 Å². The Kier molecular flexibility index (Phi) is 5.37. The summed E-state index contributed by atoms with van der Waals surface area (Å²) in [5.41, 5.74) is 1.72. The van der Waals surface area contributed by atoms with Crippen LogP contribution >= 0.6 is 11.6 Å². The van der Waals surface area contributed by atoms with Crippen molar-refractivity contribution in [3.63, 3.8) is 0 Å². The fourth-order valence-electron chi connectivity index (χ4n) is 2.79. The first-order chi connectivity index (χ1) is 12.9. The maximum atomic E-state index is 12.6. The van der Waals surface area contributed by atoms with Gasteiger partial charge in [-0.05, 0) is 31.2 Å². The van der Waals surface area contributed by atoms with Crippen molar-refractivity contribution in [2.45, 2.75) is 13.0 Å². The van der Waals surface area contributed by atoms with Crippen molar-refractivity contribution in [2.75, 3.05) is 12.4 Å². The Morgan fingerprint density at radius 1 is 1.19 bits per heavy atom. The number of nitrogens with zero attached hydrogens (tertiary/aromatic N) is 1. The maximum Gasteiger partial charge on any atom is 0.341 e. The van der Waals surface area contributed by atoms with E-state index < -0.39 is 18.0 Å². The van der Waals surface area contributed by atoms with E-state index in [1.807, 2.05) is 35.9 Å². The van der Waals surface area contributed by atoms with Crippen LogP contribution < -0.4 is 10.1 Å². The van der Waals surface area contributed by atoms with Crippen LogP contribution in [0.2, 0.25) is 5.02 Å². The number of fused-ring (bicyclic) bond motifs is 1. The molecule has 0 radical (unpaired) electrons. The molecule has 0 fully saturated rings. The lowest BCUT2D eigenvalue weighted by Crippen LogP contribution is -2.30. The van der Waals surface area contributed by atoms with Crippen LogP contribution in [-0.2, 0) is 16.6 Å². The molecule has 27 heavy (non-hydrogen) atoms. The van der Waals surface area contributed by atoms with Crippen LogP contribution in [0.4, 0.5) is 5.69 Å². The van der Waals surface area contributed by atoms with E-state index in [0.29, 0.717) is 22.0 Å². The average Bonchev–Trinajstić information content (AvgIpc) is 2.99. The Balaban J connectivity index is 1.74. The highest BCUT2D eigenvalue weighted by Gasteiger charge is 2.22. The zero-order valence-electron chi connectivity index (χ0n) is 15.2. The van der Waals surface area contributed by atoms with Gasteiger partial charge in [0.2, 0.25) is 0 Å². The summed E-state index contributed by atoms with van der Waals surface area (Å²) in [6.07, 6.45) is 0.692. The van der Waals surface area contributed by atoms with Gasteiger partial charge in [0, 0.05) is 29.2 Å². The largest absolute Gasteiger partial charge is 0.495 e. The van der Waals surface area contributed by atoms with Crippen LogP contribution in [0.1, 0.15) is 17.3 Å². The first-order valence-corrected chi connectivity index (χ1v) is 8.68. The van der Waals surface area contributed by atoms with Crippen molar-refractivity contribution >= 4 is 40.1 Å². The van der Waals surface area contributed by atoms with Gasteiger partial charge in [0.15, 0.2) is 6.10 Å². The second kappa shape index (κ2) is 7.72. The summed E-state index contributed by atoms with van der Waals surface area (Å²) < 4.78 is 12.4. The zero-order valence-corrected chi connectivity index (χ0v) is 15.9. The SMILES string of the molecule is COc1ccc(Cl)cc1NC(=O)[C@@H](C)OC(=O)c1cn(C)c2ccccc12. The van der Waals surface area contributed by atoms with Crippen molar-refractivity contribution in [3.05, 3.63) is 59.2 Å². The molecule has 0 aliphatic heterocycles. The number of aromatic nitrogens is 1. The molecule has 0 unspecified atom stereocenters. The minimum atomic E-state index is -1.000. The van der Waals surface area contributed by atoms with E-state index in [1.165, 1.54) is 14.0 Å². The molecule has 1 atom stereocenters. The lowest BCUT2D eigenvalue weighted by molar-refractivity contribution is -0.123. The lowest BCUT2D eigenvalue weighted by Gasteiger charge is -2.15. The topological polar surface area (TPSA) is 69.6 Å². The van der Waals surface area contributed by atoms with E-state index in [4.69, 9.17) is 21.1 Å². The van der Waals surface area contributed by atoms with Gasteiger partial charge in [0.05, 0.1) is 18.4 Å². The molecule has 0 bridgehead atoms. The molecular formula is C20H19ClN2O4. The minimum Gasteiger partial charge on any atom is -0.495 e. The molecule has 140 valence electrons. The number of hydrogen-bond donors (Lipinski definition) is 1. The van der Waals surface area contributed by atoms with Gasteiger partial charge in [0.1, 0.15) is 5.75 Å². The number of esters is 1. The number of halogens is 1. The number of para-hydroxylation sites is 1. The van der Waals surface area contributed by atoms with Crippen LogP contribution in [-0.4, -0.2) is 29.7 Å². The second-order valence-electron chi connectivity index (χ2n) is 6.05. The van der Waals surface area contributed by atoms with E-state index in [9.17, 15) is 9.59 Å². The standard InChI is InChI=1S/C20H19ClN2O4/c1-12(19(24)22-16-10-13(21)8-9-18(16)26-3)27-20(25)15-11-23(2)17-7-5-4-6-14(15)17/h4-12H,1-3H3,(H,22,24)/t12-/m1/s1. The Morgan fingerprint density at radius 3 is 2.67 bits per heavy atom. The van der Waals surface area contributed by atoms with E-state index in [0.717, 1.165) is 10.9 Å². The molecule has 0 aliphatic carbocycles. The van der Waals surface area contributed by atoms with Gasteiger partial charge in [-0.15, -0.1) is 0 Å². The molecule has 6 nitrogen and oxygen atoms in total. The number of nitrogens with one attached hydrogen (secondary N) is 1. The minimum absolute atomic E-state index is 0.406. The van der Waals surface area contributed by atoms with Crippen molar-refractivity contribution in [3.8, 4) is 5.75 Å². The number of ether oxygens (including phenoxy) is 2. The summed E-state index contributed by atoms with van der Waals surface area (Å²) in [6.45, 7) is 1.51. The number of benzene rings is 2. The van der Waals surface area contributed by atoms with Crippen LogP contribution in [0.15, 0.2) is 48.7 Å². The monoisotopic (exact) mass is 386 g/mol. The summed E-state index contributed by atoms with van der Waals surface area (Å²) in [7, 11) is 3.34. The Labute approximate surface area is 161 Å². The zero-order chi connectivity index (χ0) is 19.6. The number of methoxy groups -OCH3 is 1. The Bertz CT molecular complexity index is 1010. The predicted octanol–water partition coefficient (Wildman–Crippen LogP) is 4.02. The van der Waals surface area contributed by atoms with Crippen molar-refractivity contribution < 1.29 is 19.1 Å². The number of rotatable bonds is 5. The van der Waals surface area contributed by atoms with Crippen LogP contribution in [0.3, 0.4) is 0 Å². The third kappa shape index (κ3) is 3.90. The second-order valence-corrected chi connectivity index (χ2v) is 6.49. The molecule has 1 heterocycles. The highest BCUT2D eigenvalue weighted by atomic mass is 35.5. The quantitative estimate of drug-likeness (QED) is 0.672. The summed E-state index contributed by atoms with van der Waals surface area (Å²) in [5.74, 6) is -0.586. The van der Waals surface area contributed by atoms with Gasteiger partial charge < -0.3 is 19.4 Å². The number of carbonyl (C=O) groups excluding carboxylic acids is 2. The van der Waals surface area contributed by atoms with Crippen LogP contribution in [0.25, 0.3) is 10.9 Å². The number of amides is 1. The molecule has 3 rings (SSSR count). The molecule has 0 aliphatic rings. The highest BCUT2D eigenvalue weighted by molar-refractivity contribution is 6.31. The molecule has 1 N–H and O–H groups in total. The third-order valence-corrected chi connectivity index (χ3v) is 4.42. The Hall–Kier alpha value is -2.99. The van der Waals surface area contributed by atoms with Gasteiger partial charge in [0.25, 0.3) is 5.91 Å². The van der Waals surface area contributed by atoms with E-state index in [-0.39, 0.29) is 0 Å². The normalized spacial score (nSPS) is 11.9. The van der Waals surface area contributed by atoms with E-state index >= 15 is 0 Å². The third-order valence-electron chi connectivity index (χ3n) is 4.19. The molecule has 0 saturated carbocycles. The lowest BCUT2D eigenvalue weighted by atomic mass is 10.2. The fourth-order valence-corrected chi connectivity index (χ4v) is 2.97. The summed E-state index contributed by atoms with van der Waals surface area (Å²) in [4.78, 5) is 25.0. The van der Waals surface area contributed by atoms with Crippen molar-refractivity contribution in [2.24, 2.45) is 7.05 Å². The first kappa shape index (κ1) is 18.8. The summed E-state index contributed by atoms with van der Waals surface area (Å²) >= 11 is 5.96. The molecule has 7 heteroatoms. The highest BCUT2D eigenvalue weighted by Crippen LogP contribution is 2.28. The number of carbonyl (C=O) groups is 2. The van der Waals surface area contributed by atoms with Gasteiger partial charge in [-0.2, -0.15) is 0 Å². The van der Waals surface area contributed by atoms with Crippen molar-refractivity contribution in [1.29, 1.82) is 0 Å². The molecule has 0 spiro atoms. The summed E-state index contributed by atoms with van der Waals surface area (Å²) in [6, 6.07) is 12.4. The Morgan fingerprint density at radius 2 is 1.93 bits per heavy atom. The predicted molar refractivity (Wildman–Crippen MR) is 104 cm³/mol. The van der Waals surface area contributed by atoms with E-state index in [2.05, 4.69) is 5.32 Å². The summed E-state index contributed by atoms with van der Waals surface area (Å²) in [5, 5.41) is 3.89. The molecule has 0 saturated heterocycles. The molecule has 1 aromatic heterocycles. The molecular weight excluding hydrogens is 368 g/mol. The van der Waals surface area contributed by atoms with Crippen molar-refractivity contribution in [1.82, 2.24) is 4.57 Å². The van der Waals surface area contributed by atoms with Gasteiger partial charge in [-0.3, -0.25) is 4.79 Å². The first-order valence-electron chi connectivity index (χ1n) is 8.30. The number of anilines is 1. The average molecular weight is 387 g/mol. The smallest absolute Gasteiger partial charge is 0.341 e. The number of aryl methyl sites for hydroxylation is 1. The molecule has 3 aromatic rings. The van der Waals surface area contributed by atoms with Gasteiger partial charge >= 0.3 is 5.97 Å². The maximum absolute atomic E-state index is 12.6.